The minimum absolute atomic E-state index is 0.00665. The molecule has 1 aliphatic heterocycles. The second kappa shape index (κ2) is 11.7. The van der Waals surface area contributed by atoms with E-state index in [2.05, 4.69) is 41.0 Å². The number of ether oxygens (including phenoxy) is 1. The van der Waals surface area contributed by atoms with Crippen LogP contribution in [0.4, 0.5) is 9.59 Å². The second-order valence-corrected chi connectivity index (χ2v) is 9.79. The molecule has 0 radical (unpaired) electrons. The SMILES string of the molecule is CC(C)(C)OC(=O)NCc1ccc(CNC(=O)N2CCC(CCc3ccccc3)CC2)cc1. The molecule has 0 spiro atoms. The molecule has 2 aromatic carbocycles. The lowest BCUT2D eigenvalue weighted by Gasteiger charge is -2.32. The Morgan fingerprint density at radius 3 is 2.03 bits per heavy atom. The van der Waals surface area contributed by atoms with E-state index in [1.165, 1.54) is 12.0 Å². The van der Waals surface area contributed by atoms with Gasteiger partial charge in [-0.25, -0.2) is 9.59 Å². The minimum Gasteiger partial charge on any atom is -0.444 e. The standard InChI is InChI=1S/C27H37N3O3/c1-27(2,3)33-26(32)29-20-24-13-11-23(12-14-24)19-28-25(31)30-17-15-22(16-18-30)10-9-21-7-5-4-6-8-21/h4-8,11-14,22H,9-10,15-20H2,1-3H3,(H,28,31)(H,29,32). The molecular weight excluding hydrogens is 414 g/mol. The van der Waals surface area contributed by atoms with Gasteiger partial charge in [0, 0.05) is 26.2 Å². The molecule has 1 heterocycles. The molecule has 1 fully saturated rings. The van der Waals surface area contributed by atoms with Crippen molar-refractivity contribution in [2.24, 2.45) is 5.92 Å². The molecule has 6 heteroatoms. The Hall–Kier alpha value is -3.02. The van der Waals surface area contributed by atoms with E-state index in [0.29, 0.717) is 19.0 Å². The van der Waals surface area contributed by atoms with Crippen LogP contribution in [-0.4, -0.2) is 35.7 Å². The number of carbonyl (C=O) groups excluding carboxylic acids is 2. The molecule has 1 aliphatic rings. The number of alkyl carbamates (subject to hydrolysis) is 1. The predicted molar refractivity (Wildman–Crippen MR) is 131 cm³/mol. The summed E-state index contributed by atoms with van der Waals surface area (Å²) in [5.41, 5.74) is 2.89. The third-order valence-electron chi connectivity index (χ3n) is 5.89. The van der Waals surface area contributed by atoms with Crippen LogP contribution in [0, 0.1) is 5.92 Å². The van der Waals surface area contributed by atoms with Gasteiger partial charge in [-0.05, 0) is 69.1 Å². The zero-order valence-corrected chi connectivity index (χ0v) is 20.1. The third-order valence-corrected chi connectivity index (χ3v) is 5.89. The lowest BCUT2D eigenvalue weighted by molar-refractivity contribution is 0.0523. The number of rotatable bonds is 7. The van der Waals surface area contributed by atoms with E-state index in [4.69, 9.17) is 4.74 Å². The summed E-state index contributed by atoms with van der Waals surface area (Å²) < 4.78 is 5.24. The highest BCUT2D eigenvalue weighted by Crippen LogP contribution is 2.22. The van der Waals surface area contributed by atoms with Crippen LogP contribution in [0.2, 0.25) is 0 Å². The highest BCUT2D eigenvalue weighted by molar-refractivity contribution is 5.74. The summed E-state index contributed by atoms with van der Waals surface area (Å²) in [6, 6.07) is 18.5. The van der Waals surface area contributed by atoms with Gasteiger partial charge in [-0.15, -0.1) is 0 Å². The first-order valence-corrected chi connectivity index (χ1v) is 11.9. The number of nitrogens with zero attached hydrogens (tertiary/aromatic N) is 1. The molecule has 3 rings (SSSR count). The van der Waals surface area contributed by atoms with Crippen molar-refractivity contribution in [2.45, 2.75) is 65.1 Å². The Morgan fingerprint density at radius 2 is 1.45 bits per heavy atom. The number of benzene rings is 2. The fourth-order valence-corrected chi connectivity index (χ4v) is 3.99. The minimum atomic E-state index is -0.510. The number of nitrogens with one attached hydrogen (secondary N) is 2. The lowest BCUT2D eigenvalue weighted by atomic mass is 9.90. The van der Waals surface area contributed by atoms with E-state index in [-0.39, 0.29) is 6.03 Å². The van der Waals surface area contributed by atoms with Crippen molar-refractivity contribution < 1.29 is 14.3 Å². The Kier molecular flexibility index (Phi) is 8.75. The summed E-state index contributed by atoms with van der Waals surface area (Å²) in [5.74, 6) is 0.691. The lowest BCUT2D eigenvalue weighted by Crippen LogP contribution is -2.44. The molecule has 2 N–H and O–H groups in total. The van der Waals surface area contributed by atoms with Crippen LogP contribution in [0.1, 0.15) is 56.7 Å². The van der Waals surface area contributed by atoms with Crippen LogP contribution in [-0.2, 0) is 24.2 Å². The van der Waals surface area contributed by atoms with Gasteiger partial charge in [0.2, 0.25) is 0 Å². The number of likely N-dealkylation sites (tertiary alicyclic amines) is 1. The average Bonchev–Trinajstić information content (AvgIpc) is 2.80. The summed E-state index contributed by atoms with van der Waals surface area (Å²) >= 11 is 0. The zero-order valence-electron chi connectivity index (χ0n) is 20.1. The largest absolute Gasteiger partial charge is 0.444 e. The Labute approximate surface area is 197 Å². The summed E-state index contributed by atoms with van der Waals surface area (Å²) in [4.78, 5) is 26.3. The molecular formula is C27H37N3O3. The van der Waals surface area contributed by atoms with E-state index in [0.717, 1.165) is 43.5 Å². The zero-order chi connectivity index (χ0) is 23.7. The Morgan fingerprint density at radius 1 is 0.879 bits per heavy atom. The molecule has 1 saturated heterocycles. The summed E-state index contributed by atoms with van der Waals surface area (Å²) in [6.07, 6.45) is 4.01. The maximum absolute atomic E-state index is 12.6. The van der Waals surface area contributed by atoms with Gasteiger partial charge in [-0.3, -0.25) is 0 Å². The summed E-state index contributed by atoms with van der Waals surface area (Å²) in [7, 11) is 0. The number of aryl methyl sites for hydroxylation is 1. The van der Waals surface area contributed by atoms with Crippen molar-refractivity contribution >= 4 is 12.1 Å². The molecule has 0 aromatic heterocycles. The summed E-state index contributed by atoms with van der Waals surface area (Å²) in [6.45, 7) is 8.05. The maximum Gasteiger partial charge on any atom is 0.407 e. The van der Waals surface area contributed by atoms with Crippen molar-refractivity contribution in [2.75, 3.05) is 13.1 Å². The highest BCUT2D eigenvalue weighted by Gasteiger charge is 2.22. The van der Waals surface area contributed by atoms with Gasteiger partial charge in [0.1, 0.15) is 5.60 Å². The monoisotopic (exact) mass is 451 g/mol. The van der Waals surface area contributed by atoms with E-state index in [1.807, 2.05) is 49.9 Å². The van der Waals surface area contributed by atoms with Crippen LogP contribution in [0.3, 0.4) is 0 Å². The molecule has 6 nitrogen and oxygen atoms in total. The molecule has 3 amide bonds. The molecule has 0 bridgehead atoms. The van der Waals surface area contributed by atoms with Gasteiger partial charge in [0.05, 0.1) is 0 Å². The van der Waals surface area contributed by atoms with Crippen LogP contribution < -0.4 is 10.6 Å². The molecule has 0 unspecified atom stereocenters. The fraction of sp³-hybridized carbons (Fsp3) is 0.481. The number of hydrogen-bond donors (Lipinski definition) is 2. The van der Waals surface area contributed by atoms with Crippen LogP contribution in [0.5, 0.6) is 0 Å². The normalized spacial score (nSPS) is 14.6. The smallest absolute Gasteiger partial charge is 0.407 e. The van der Waals surface area contributed by atoms with Crippen molar-refractivity contribution in [3.8, 4) is 0 Å². The summed E-state index contributed by atoms with van der Waals surface area (Å²) in [5, 5.41) is 5.79. The van der Waals surface area contributed by atoms with Gasteiger partial charge >= 0.3 is 12.1 Å². The van der Waals surface area contributed by atoms with E-state index >= 15 is 0 Å². The topological polar surface area (TPSA) is 70.7 Å². The Bertz CT molecular complexity index is 883. The fourth-order valence-electron chi connectivity index (χ4n) is 3.99. The third kappa shape index (κ3) is 8.79. The number of piperidine rings is 1. The molecule has 178 valence electrons. The molecule has 0 atom stereocenters. The number of carbonyl (C=O) groups is 2. The van der Waals surface area contributed by atoms with Crippen LogP contribution >= 0.6 is 0 Å². The van der Waals surface area contributed by atoms with Gasteiger partial charge in [0.15, 0.2) is 0 Å². The van der Waals surface area contributed by atoms with Gasteiger partial charge < -0.3 is 20.3 Å². The molecule has 0 saturated carbocycles. The van der Waals surface area contributed by atoms with E-state index in [1.54, 1.807) is 0 Å². The van der Waals surface area contributed by atoms with Gasteiger partial charge in [-0.1, -0.05) is 54.6 Å². The maximum atomic E-state index is 12.6. The van der Waals surface area contributed by atoms with Gasteiger partial charge in [-0.2, -0.15) is 0 Å². The van der Waals surface area contributed by atoms with E-state index < -0.39 is 11.7 Å². The Balaban J connectivity index is 1.34. The van der Waals surface area contributed by atoms with Crippen molar-refractivity contribution in [1.82, 2.24) is 15.5 Å². The van der Waals surface area contributed by atoms with Crippen LogP contribution in [0.25, 0.3) is 0 Å². The molecule has 33 heavy (non-hydrogen) atoms. The number of urea groups is 1. The van der Waals surface area contributed by atoms with Gasteiger partial charge in [0.25, 0.3) is 0 Å². The van der Waals surface area contributed by atoms with Crippen molar-refractivity contribution in [3.05, 3.63) is 71.3 Å². The number of amides is 3. The first kappa shape index (κ1) is 24.6. The molecule has 0 aliphatic carbocycles. The van der Waals surface area contributed by atoms with Crippen molar-refractivity contribution in [3.63, 3.8) is 0 Å². The first-order valence-electron chi connectivity index (χ1n) is 11.9. The average molecular weight is 452 g/mol. The second-order valence-electron chi connectivity index (χ2n) is 9.79. The number of hydrogen-bond acceptors (Lipinski definition) is 3. The highest BCUT2D eigenvalue weighted by atomic mass is 16.6. The quantitative estimate of drug-likeness (QED) is 0.603. The first-order chi connectivity index (χ1) is 15.8. The van der Waals surface area contributed by atoms with Crippen molar-refractivity contribution in [1.29, 1.82) is 0 Å². The molecule has 2 aromatic rings. The van der Waals surface area contributed by atoms with E-state index in [9.17, 15) is 9.59 Å². The predicted octanol–water partition coefficient (Wildman–Crippen LogP) is 5.27. The van der Waals surface area contributed by atoms with Crippen LogP contribution in [0.15, 0.2) is 54.6 Å².